The van der Waals surface area contributed by atoms with Crippen LogP contribution in [0.25, 0.3) is 21.8 Å². The Labute approximate surface area is 716 Å². The molecular formula is C82H110N18O25. The van der Waals surface area contributed by atoms with Crippen LogP contribution >= 0.6 is 0 Å². The third-order valence-corrected chi connectivity index (χ3v) is 20.0. The Morgan fingerprint density at radius 2 is 1.16 bits per heavy atom. The summed E-state index contributed by atoms with van der Waals surface area (Å²) in [5.74, 6) is -26.9. The molecule has 0 spiro atoms. The number of nitrogens with one attached hydrogen (secondary N) is 15. The van der Waals surface area contributed by atoms with Crippen LogP contribution in [0.3, 0.4) is 0 Å². The number of nitrogen functional groups attached to an aromatic ring is 1. The number of anilines is 1. The summed E-state index contributed by atoms with van der Waals surface area (Å²) in [7, 11) is 0. The van der Waals surface area contributed by atoms with Crippen LogP contribution in [0.4, 0.5) is 5.69 Å². The standard InChI is InChI=1S/C82H110N18O25/c1-5-6-7-8-9-10-11-26-64(105)92-56(33-47-38-86-53-24-17-14-20-49(47)53)77(119)96-57(35-63(84)104)78(120)94-55(29-31-101)75(117)100-71-45(4)125-82(124)60(34-62(103)50-21-13-15-22-51(50)83)98-81(123)70(43(2)32-67(108)109)99-79(121)61(42-102)93-66(107)40-87-73(115)58(36-68(110)111)95-72(114)44(3)89-76(118)59(37-69(112)113)97-74(116)54(91-65(106)41-88-80(71)122)25-18-30-85-39-48-28-27-46-19-12-16-23-52(46)90-48/h12-17,19-24,27-28,38,43-45,54-61,70-71,85-86,101-102H,5-11,18,25-26,29-37,39-42,83H2,1-4H3,(H2,84,104)(H,87,115)(H,88,122)(H,89,118)(H,91,106)(H,92,105)(H,93,107)(H,94,120)(H,95,114)(H,96,119)(H,97,116)(H,98,123)(H,99,121)(H,100,117)(H,108,109)(H,110,111)(H,112,113)/t43-,44-,45-,54+,55+,56+,57+,58+,59+,60+,61-,70+,71+/m1/s1. The number of fused-ring (bicyclic) bond motifs is 2. The first kappa shape index (κ1) is 100. The van der Waals surface area contributed by atoms with Crippen molar-refractivity contribution in [2.24, 2.45) is 11.7 Å². The number of rotatable bonds is 38. The molecule has 43 heteroatoms. The molecule has 1 saturated heterocycles. The van der Waals surface area contributed by atoms with Crippen LogP contribution in [0.1, 0.15) is 152 Å². The third kappa shape index (κ3) is 33.3. The zero-order valence-electron chi connectivity index (χ0n) is 69.4. The quantitative estimate of drug-likeness (QED) is 0.00795. The van der Waals surface area contributed by atoms with Gasteiger partial charge < -0.3 is 121 Å². The van der Waals surface area contributed by atoms with Crippen molar-refractivity contribution in [1.82, 2.24) is 84.4 Å². The summed E-state index contributed by atoms with van der Waals surface area (Å²) in [6.07, 6.45) is -1.10. The summed E-state index contributed by atoms with van der Waals surface area (Å²) in [5, 5.41) is 84.5. The number of ketones is 1. The highest BCUT2D eigenvalue weighted by atomic mass is 16.5. The SMILES string of the molecule is CCCCCCCCCC(=O)N[C@@H](Cc1c[nH]c2ccccc12)C(=O)N[C@@H](CC(N)=O)C(=O)N[C@@H](CCO)C(=O)N[C@@H]1C(=O)NCC(=O)N[C@@H](CCCNCc2ccc3ccccc3n2)C(=O)N[C@@H](CC(=O)O)C(=O)N[C@H](C)C(=O)N[C@@H](CC(=O)O)C(=O)NCC(=O)N[C@H](CO)C(=O)N[C@@H]([C@H](C)CC(=O)O)C(=O)N[C@@H](CC(=O)c2ccccc2N)C(=O)O[C@@H]1C. The molecule has 43 nitrogen and oxygen atoms in total. The molecule has 5 aromatic rings. The normalized spacial score (nSPS) is 20.5. The highest BCUT2D eigenvalue weighted by molar-refractivity contribution is 6.05. The number of aromatic amines is 1. The average molecular weight is 1750 g/mol. The number of Topliss-reactive ketones (excluding diaryl/α,β-unsaturated/α-hetero) is 1. The van der Waals surface area contributed by atoms with Crippen molar-refractivity contribution < 1.29 is 121 Å². The molecule has 0 radical (unpaired) electrons. The van der Waals surface area contributed by atoms with E-state index in [9.17, 15) is 107 Å². The molecule has 13 atom stereocenters. The number of carbonyl (C=O) groups excluding carboxylic acids is 16. The highest BCUT2D eigenvalue weighted by Crippen LogP contribution is 2.22. The number of hydrogen-bond donors (Lipinski definition) is 22. The number of nitrogens with two attached hydrogens (primary N) is 2. The number of amides is 14. The lowest BCUT2D eigenvalue weighted by Crippen LogP contribution is -2.61. The second kappa shape index (κ2) is 50.7. The van der Waals surface area contributed by atoms with E-state index in [0.29, 0.717) is 40.5 Å². The van der Waals surface area contributed by atoms with E-state index < -0.39 is 256 Å². The van der Waals surface area contributed by atoms with E-state index in [-0.39, 0.29) is 50.0 Å². The molecular weight excluding hydrogens is 1640 g/mol. The minimum Gasteiger partial charge on any atom is -0.481 e. The van der Waals surface area contributed by atoms with E-state index in [2.05, 4.69) is 80.7 Å². The summed E-state index contributed by atoms with van der Waals surface area (Å²) in [6, 6.07) is 1.21. The first-order valence-electron chi connectivity index (χ1n) is 40.7. The number of unbranched alkanes of at least 4 members (excludes halogenated alkanes) is 6. The van der Waals surface area contributed by atoms with E-state index in [1.165, 1.54) is 24.3 Å². The molecule has 1 fully saturated rings. The summed E-state index contributed by atoms with van der Waals surface area (Å²) >= 11 is 0. The Balaban J connectivity index is 1.41. The first-order chi connectivity index (χ1) is 59.5. The summed E-state index contributed by atoms with van der Waals surface area (Å²) in [5.41, 5.74) is 13.9. The number of benzene rings is 3. The van der Waals surface area contributed by atoms with Gasteiger partial charge in [-0.05, 0) is 87.9 Å². The molecule has 0 aliphatic carbocycles. The van der Waals surface area contributed by atoms with Gasteiger partial charge in [-0.15, -0.1) is 0 Å². The van der Waals surface area contributed by atoms with Gasteiger partial charge in [0.2, 0.25) is 82.7 Å². The number of H-pyrrole nitrogens is 1. The number of carbonyl (C=O) groups is 19. The maximum absolute atomic E-state index is 15.0. The third-order valence-electron chi connectivity index (χ3n) is 20.0. The summed E-state index contributed by atoms with van der Waals surface area (Å²) < 4.78 is 5.80. The number of ether oxygens (including phenoxy) is 1. The number of esters is 1. The first-order valence-corrected chi connectivity index (χ1v) is 40.7. The van der Waals surface area contributed by atoms with Crippen molar-refractivity contribution >= 4 is 140 Å². The minimum absolute atomic E-state index is 0.00516. The molecule has 0 bridgehead atoms. The van der Waals surface area contributed by atoms with Gasteiger partial charge in [0.05, 0.1) is 56.6 Å². The minimum atomic E-state index is -2.35. The van der Waals surface area contributed by atoms with Gasteiger partial charge in [0.1, 0.15) is 72.6 Å². The molecule has 678 valence electrons. The number of carboxylic acids is 3. The molecule has 0 unspecified atom stereocenters. The van der Waals surface area contributed by atoms with Crippen LogP contribution in [0, 0.1) is 5.92 Å². The van der Waals surface area contributed by atoms with E-state index in [1.807, 2.05) is 28.8 Å². The van der Waals surface area contributed by atoms with Gasteiger partial charge in [0.15, 0.2) is 5.78 Å². The summed E-state index contributed by atoms with van der Waals surface area (Å²) in [6.45, 7) is 0.796. The number of aromatic nitrogens is 2. The largest absolute Gasteiger partial charge is 0.481 e. The Hall–Kier alpha value is -13.6. The molecule has 14 amide bonds. The smallest absolute Gasteiger partial charge is 0.329 e. The lowest BCUT2D eigenvalue weighted by molar-refractivity contribution is -0.156. The molecule has 0 saturated carbocycles. The van der Waals surface area contributed by atoms with Crippen LogP contribution in [-0.2, 0) is 104 Å². The molecule has 1 aliphatic rings. The zero-order valence-corrected chi connectivity index (χ0v) is 69.4. The lowest BCUT2D eigenvalue weighted by atomic mass is 9.96. The van der Waals surface area contributed by atoms with Gasteiger partial charge >= 0.3 is 23.9 Å². The van der Waals surface area contributed by atoms with Crippen molar-refractivity contribution in [2.45, 2.75) is 216 Å². The molecule has 1 aliphatic heterocycles. The maximum Gasteiger partial charge on any atom is 0.329 e. The van der Waals surface area contributed by atoms with Gasteiger partial charge in [-0.3, -0.25) is 91.3 Å². The van der Waals surface area contributed by atoms with Crippen molar-refractivity contribution in [1.29, 1.82) is 0 Å². The van der Waals surface area contributed by atoms with Crippen LogP contribution in [0.5, 0.6) is 0 Å². The Bertz CT molecular complexity index is 4700. The predicted octanol–water partition coefficient (Wildman–Crippen LogP) is -3.33. The average Bonchev–Trinajstić information content (AvgIpc) is 1.66. The monoisotopic (exact) mass is 1750 g/mol. The number of pyridine rings is 1. The van der Waals surface area contributed by atoms with Gasteiger partial charge in [-0.2, -0.15) is 0 Å². The zero-order chi connectivity index (χ0) is 92.0. The highest BCUT2D eigenvalue weighted by Gasteiger charge is 2.41. The van der Waals surface area contributed by atoms with Crippen molar-refractivity contribution in [3.8, 4) is 0 Å². The van der Waals surface area contributed by atoms with E-state index in [4.69, 9.17) is 16.2 Å². The number of cyclic esters (lactones) is 1. The van der Waals surface area contributed by atoms with Gasteiger partial charge in [0, 0.05) is 66.2 Å². The second-order valence-corrected chi connectivity index (χ2v) is 30.0. The molecule has 3 aromatic carbocycles. The number of primary amides is 1. The van der Waals surface area contributed by atoms with Crippen LogP contribution in [0.2, 0.25) is 0 Å². The lowest BCUT2D eigenvalue weighted by Gasteiger charge is -2.30. The van der Waals surface area contributed by atoms with Crippen LogP contribution in [-0.4, -0.2) is 253 Å². The van der Waals surface area contributed by atoms with Gasteiger partial charge in [0.25, 0.3) is 0 Å². The van der Waals surface area contributed by atoms with Gasteiger partial charge in [-0.25, -0.2) is 4.79 Å². The number of carboxylic acid groups (broad SMARTS) is 3. The number of nitrogens with zero attached hydrogens (tertiary/aromatic N) is 1. The summed E-state index contributed by atoms with van der Waals surface area (Å²) in [4.78, 5) is 272. The predicted molar refractivity (Wildman–Crippen MR) is 444 cm³/mol. The number of aliphatic hydroxyl groups is 2. The maximum atomic E-state index is 15.0. The van der Waals surface area contributed by atoms with Crippen LogP contribution in [0.15, 0.2) is 91.1 Å². The van der Waals surface area contributed by atoms with Crippen molar-refractivity contribution in [2.75, 3.05) is 38.6 Å². The molecule has 24 N–H and O–H groups in total. The fourth-order valence-electron chi connectivity index (χ4n) is 13.3. The van der Waals surface area contributed by atoms with E-state index >= 15 is 9.59 Å². The van der Waals surface area contributed by atoms with E-state index in [0.717, 1.165) is 58.3 Å². The van der Waals surface area contributed by atoms with Crippen molar-refractivity contribution in [3.63, 3.8) is 0 Å². The number of hydrogen-bond acceptors (Lipinski definition) is 25. The van der Waals surface area contributed by atoms with E-state index in [1.54, 1.807) is 48.7 Å². The fraction of sp³-hybridized carbons (Fsp3) is 0.488. The van der Waals surface area contributed by atoms with Crippen molar-refractivity contribution in [3.05, 3.63) is 108 Å². The molecule has 3 heterocycles. The van der Waals surface area contributed by atoms with Crippen LogP contribution < -0.4 is 85.9 Å². The van der Waals surface area contributed by atoms with Gasteiger partial charge in [-0.1, -0.05) is 107 Å². The number of aliphatic hydroxyl groups excluding tert-OH is 2. The number of aliphatic carboxylic acids is 3. The molecule has 2 aromatic heterocycles. The molecule has 6 rings (SSSR count). The molecule has 125 heavy (non-hydrogen) atoms. The Kier molecular flexibility index (Phi) is 40.7. The number of para-hydroxylation sites is 3. The topological polar surface area (TPSA) is 684 Å². The Morgan fingerprint density at radius 1 is 0.568 bits per heavy atom. The fourth-order valence-corrected chi connectivity index (χ4v) is 13.3. The Morgan fingerprint density at radius 3 is 1.82 bits per heavy atom. The second-order valence-electron chi connectivity index (χ2n) is 30.0.